The zero-order chi connectivity index (χ0) is 19.5. The average Bonchev–Trinajstić information content (AvgIpc) is 2.54. The lowest BCUT2D eigenvalue weighted by Crippen LogP contribution is -2.11. The highest BCUT2D eigenvalue weighted by Crippen LogP contribution is 2.36. The lowest BCUT2D eigenvalue weighted by molar-refractivity contribution is -0.388. The van der Waals surface area contributed by atoms with Gasteiger partial charge in [-0.05, 0) is 30.3 Å². The summed E-state index contributed by atoms with van der Waals surface area (Å²) in [6.07, 6.45) is -4.71. The summed E-state index contributed by atoms with van der Waals surface area (Å²) >= 11 is 12.2. The Kier molecular flexibility index (Phi) is 6.38. The smallest absolute Gasteiger partial charge is 0.416 e. The summed E-state index contributed by atoms with van der Waals surface area (Å²) < 4.78 is 43.0. The fourth-order valence-corrected chi connectivity index (χ4v) is 3.03. The van der Waals surface area contributed by atoms with Crippen LogP contribution in [0.25, 0.3) is 0 Å². The van der Waals surface area contributed by atoms with Crippen LogP contribution >= 0.6 is 35.0 Å². The van der Waals surface area contributed by atoms with Crippen LogP contribution in [0.4, 0.5) is 18.9 Å². The lowest BCUT2D eigenvalue weighted by Gasteiger charge is -2.09. The van der Waals surface area contributed by atoms with Crippen LogP contribution in [0, 0.1) is 10.1 Å². The van der Waals surface area contributed by atoms with Crippen LogP contribution in [-0.4, -0.2) is 16.6 Å². The van der Waals surface area contributed by atoms with Gasteiger partial charge in [-0.3, -0.25) is 14.9 Å². The normalized spacial score (nSPS) is 11.3. The van der Waals surface area contributed by atoms with E-state index in [1.165, 1.54) is 18.2 Å². The van der Waals surface area contributed by atoms with Crippen molar-refractivity contribution in [1.82, 2.24) is 0 Å². The highest BCUT2D eigenvalue weighted by molar-refractivity contribution is 8.00. The Balaban J connectivity index is 2.11. The molecule has 138 valence electrons. The minimum absolute atomic E-state index is 0.0450. The van der Waals surface area contributed by atoms with E-state index in [0.717, 1.165) is 6.07 Å². The van der Waals surface area contributed by atoms with Crippen LogP contribution in [0.5, 0.6) is 5.75 Å². The number of esters is 1. The minimum Gasteiger partial charge on any atom is -0.424 e. The van der Waals surface area contributed by atoms with E-state index in [4.69, 9.17) is 27.9 Å². The second-order valence-corrected chi connectivity index (χ2v) is 6.64. The SMILES string of the molecule is O=C(CSc1ccc(C(F)(F)F)cc1[N+](=O)[O-])Oc1ccc(Cl)cc1Cl. The summed E-state index contributed by atoms with van der Waals surface area (Å²) in [5.74, 6) is -1.11. The van der Waals surface area contributed by atoms with Gasteiger partial charge in [0, 0.05) is 11.1 Å². The Hall–Kier alpha value is -1.97. The maximum atomic E-state index is 12.7. The molecule has 0 aliphatic rings. The van der Waals surface area contributed by atoms with Gasteiger partial charge in [0.1, 0.15) is 5.75 Å². The molecule has 0 aliphatic carbocycles. The van der Waals surface area contributed by atoms with E-state index < -0.39 is 28.3 Å². The summed E-state index contributed by atoms with van der Waals surface area (Å²) in [6, 6.07) is 6.24. The molecule has 0 atom stereocenters. The zero-order valence-corrected chi connectivity index (χ0v) is 14.9. The Morgan fingerprint density at radius 1 is 1.19 bits per heavy atom. The van der Waals surface area contributed by atoms with Gasteiger partial charge in [-0.1, -0.05) is 23.2 Å². The van der Waals surface area contributed by atoms with Crippen molar-refractivity contribution in [2.45, 2.75) is 11.1 Å². The molecule has 0 spiro atoms. The molecule has 0 aromatic heterocycles. The number of alkyl halides is 3. The number of hydrogen-bond acceptors (Lipinski definition) is 5. The predicted molar refractivity (Wildman–Crippen MR) is 90.9 cm³/mol. The molecule has 2 aromatic carbocycles. The molecule has 0 bridgehead atoms. The summed E-state index contributed by atoms with van der Waals surface area (Å²) in [6.45, 7) is 0. The first-order valence-electron chi connectivity index (χ1n) is 6.72. The van der Waals surface area contributed by atoms with Gasteiger partial charge in [0.05, 0.1) is 26.2 Å². The largest absolute Gasteiger partial charge is 0.424 e. The molecular weight excluding hydrogens is 418 g/mol. The van der Waals surface area contributed by atoms with Crippen molar-refractivity contribution in [3.8, 4) is 5.75 Å². The monoisotopic (exact) mass is 425 g/mol. The number of rotatable bonds is 5. The average molecular weight is 426 g/mol. The minimum atomic E-state index is -4.71. The Morgan fingerprint density at radius 3 is 2.46 bits per heavy atom. The van der Waals surface area contributed by atoms with Crippen LogP contribution in [0.15, 0.2) is 41.3 Å². The van der Waals surface area contributed by atoms with Crippen LogP contribution in [-0.2, 0) is 11.0 Å². The Labute approximate surface area is 159 Å². The summed E-state index contributed by atoms with van der Waals surface area (Å²) in [4.78, 5) is 21.8. The van der Waals surface area contributed by atoms with Crippen molar-refractivity contribution in [1.29, 1.82) is 0 Å². The van der Waals surface area contributed by atoms with Crippen LogP contribution in [0.1, 0.15) is 5.56 Å². The summed E-state index contributed by atoms with van der Waals surface area (Å²) in [7, 11) is 0. The van der Waals surface area contributed by atoms with E-state index in [9.17, 15) is 28.1 Å². The van der Waals surface area contributed by atoms with Crippen molar-refractivity contribution in [3.05, 3.63) is 62.1 Å². The number of halogens is 5. The van der Waals surface area contributed by atoms with E-state index in [-0.39, 0.29) is 21.4 Å². The summed E-state index contributed by atoms with van der Waals surface area (Å²) in [5, 5.41) is 11.4. The number of thioether (sulfide) groups is 1. The van der Waals surface area contributed by atoms with Gasteiger partial charge in [0.2, 0.25) is 0 Å². The van der Waals surface area contributed by atoms with Crippen molar-refractivity contribution >= 4 is 46.6 Å². The maximum Gasteiger partial charge on any atom is 0.416 e. The molecule has 2 rings (SSSR count). The molecule has 0 heterocycles. The van der Waals surface area contributed by atoms with Crippen molar-refractivity contribution in [3.63, 3.8) is 0 Å². The van der Waals surface area contributed by atoms with Gasteiger partial charge in [-0.2, -0.15) is 13.2 Å². The standard InChI is InChI=1S/C15H8Cl2F3NO4S/c16-9-2-3-12(10(17)6-9)25-14(22)7-26-13-4-1-8(15(18,19)20)5-11(13)21(23)24/h1-6H,7H2. The summed E-state index contributed by atoms with van der Waals surface area (Å²) in [5.41, 5.74) is -1.90. The fraction of sp³-hybridized carbons (Fsp3) is 0.133. The van der Waals surface area contributed by atoms with Crippen molar-refractivity contribution < 1.29 is 27.6 Å². The molecule has 11 heteroatoms. The Bertz CT molecular complexity index is 861. The van der Waals surface area contributed by atoms with Crippen LogP contribution in [0.2, 0.25) is 10.0 Å². The third-order valence-electron chi connectivity index (χ3n) is 2.95. The second kappa shape index (κ2) is 8.15. The second-order valence-electron chi connectivity index (χ2n) is 4.77. The number of benzene rings is 2. The Morgan fingerprint density at radius 2 is 1.88 bits per heavy atom. The molecule has 0 saturated carbocycles. The molecule has 0 amide bonds. The molecule has 0 unspecified atom stereocenters. The quantitative estimate of drug-likeness (QED) is 0.204. The third kappa shape index (κ3) is 5.26. The number of hydrogen-bond donors (Lipinski definition) is 0. The number of carbonyl (C=O) groups excluding carboxylic acids is 1. The number of carbonyl (C=O) groups is 1. The van der Waals surface area contributed by atoms with E-state index in [1.54, 1.807) is 0 Å². The molecule has 5 nitrogen and oxygen atoms in total. The van der Waals surface area contributed by atoms with Gasteiger partial charge in [0.15, 0.2) is 0 Å². The van der Waals surface area contributed by atoms with E-state index >= 15 is 0 Å². The first kappa shape index (κ1) is 20.3. The van der Waals surface area contributed by atoms with Gasteiger partial charge < -0.3 is 4.74 Å². The molecule has 2 aromatic rings. The van der Waals surface area contributed by atoms with Crippen molar-refractivity contribution in [2.75, 3.05) is 5.75 Å². The van der Waals surface area contributed by atoms with Gasteiger partial charge in [-0.15, -0.1) is 11.8 Å². The first-order chi connectivity index (χ1) is 12.1. The number of ether oxygens (including phenoxy) is 1. The maximum absolute atomic E-state index is 12.7. The predicted octanol–water partition coefficient (Wildman–Crippen LogP) is 5.62. The topological polar surface area (TPSA) is 69.4 Å². The molecule has 0 radical (unpaired) electrons. The van der Waals surface area contributed by atoms with Gasteiger partial charge in [-0.25, -0.2) is 0 Å². The van der Waals surface area contributed by atoms with Crippen LogP contribution in [0.3, 0.4) is 0 Å². The molecule has 0 fully saturated rings. The molecule has 26 heavy (non-hydrogen) atoms. The molecule has 0 aliphatic heterocycles. The first-order valence-corrected chi connectivity index (χ1v) is 8.46. The number of nitrogens with zero attached hydrogens (tertiary/aromatic N) is 1. The molecule has 0 N–H and O–H groups in total. The van der Waals surface area contributed by atoms with Crippen LogP contribution < -0.4 is 4.74 Å². The highest BCUT2D eigenvalue weighted by atomic mass is 35.5. The molecule has 0 saturated heterocycles. The van der Waals surface area contributed by atoms with E-state index in [1.807, 2.05) is 0 Å². The number of nitro benzene ring substituents is 1. The molecular formula is C15H8Cl2F3NO4S. The zero-order valence-electron chi connectivity index (χ0n) is 12.5. The van der Waals surface area contributed by atoms with E-state index in [2.05, 4.69) is 0 Å². The van der Waals surface area contributed by atoms with Gasteiger partial charge >= 0.3 is 12.1 Å². The number of nitro groups is 1. The van der Waals surface area contributed by atoms with Gasteiger partial charge in [0.25, 0.3) is 5.69 Å². The van der Waals surface area contributed by atoms with Crippen molar-refractivity contribution in [2.24, 2.45) is 0 Å². The van der Waals surface area contributed by atoms with E-state index in [0.29, 0.717) is 28.9 Å². The third-order valence-corrected chi connectivity index (χ3v) is 4.51. The fourth-order valence-electron chi connectivity index (χ4n) is 1.81. The highest BCUT2D eigenvalue weighted by Gasteiger charge is 2.33. The lowest BCUT2D eigenvalue weighted by atomic mass is 10.2.